The van der Waals surface area contributed by atoms with Gasteiger partial charge in [-0.3, -0.25) is 4.98 Å². The molecule has 29 heavy (non-hydrogen) atoms. The lowest BCUT2D eigenvalue weighted by Gasteiger charge is -2.08. The van der Waals surface area contributed by atoms with Gasteiger partial charge in [0, 0.05) is 22.5 Å². The van der Waals surface area contributed by atoms with E-state index in [4.69, 9.17) is 9.84 Å². The van der Waals surface area contributed by atoms with Crippen LogP contribution in [0.3, 0.4) is 0 Å². The Bertz CT molecular complexity index is 1330. The summed E-state index contributed by atoms with van der Waals surface area (Å²) in [6, 6.07) is 22.2. The summed E-state index contributed by atoms with van der Waals surface area (Å²) < 4.78 is 21.5. The van der Waals surface area contributed by atoms with Gasteiger partial charge in [0.05, 0.1) is 23.3 Å². The minimum Gasteiger partial charge on any atom is -0.494 e. The molecule has 0 spiro atoms. The van der Waals surface area contributed by atoms with E-state index in [-0.39, 0.29) is 5.82 Å². The molecule has 2 aromatic heterocycles. The molecule has 0 aliphatic heterocycles. The SMILES string of the molecule is CCOc1ccc2ncc3c(-c4ccccc4)nn(-c4cccc(F)c4)c3c2c1. The second kappa shape index (κ2) is 7.02. The van der Waals surface area contributed by atoms with Crippen LogP contribution in [-0.4, -0.2) is 21.4 Å². The van der Waals surface area contributed by atoms with Crippen LogP contribution in [0.4, 0.5) is 4.39 Å². The first-order valence-electron chi connectivity index (χ1n) is 9.50. The molecule has 0 aliphatic carbocycles. The van der Waals surface area contributed by atoms with E-state index in [0.717, 1.165) is 38.8 Å². The molecule has 0 aliphatic rings. The maximum absolute atomic E-state index is 14.0. The number of hydrogen-bond acceptors (Lipinski definition) is 3. The van der Waals surface area contributed by atoms with Crippen LogP contribution in [0.25, 0.3) is 38.8 Å². The van der Waals surface area contributed by atoms with Gasteiger partial charge < -0.3 is 4.74 Å². The first-order chi connectivity index (χ1) is 14.2. The lowest BCUT2D eigenvalue weighted by Crippen LogP contribution is -1.98. The molecule has 0 atom stereocenters. The van der Waals surface area contributed by atoms with Crippen LogP contribution in [-0.2, 0) is 0 Å². The van der Waals surface area contributed by atoms with Crippen molar-refractivity contribution in [2.75, 3.05) is 6.61 Å². The standard InChI is InChI=1S/C24H18FN3O/c1-2-29-19-11-12-22-20(14-19)24-21(15-26-22)23(16-7-4-3-5-8-16)27-28(24)18-10-6-9-17(25)13-18/h3-15H,2H2,1H3. The molecule has 5 rings (SSSR count). The fourth-order valence-corrected chi connectivity index (χ4v) is 3.62. The number of nitrogens with zero attached hydrogens (tertiary/aromatic N) is 3. The fourth-order valence-electron chi connectivity index (χ4n) is 3.62. The average Bonchev–Trinajstić information content (AvgIpc) is 3.15. The van der Waals surface area contributed by atoms with Crippen molar-refractivity contribution in [3.63, 3.8) is 0 Å². The highest BCUT2D eigenvalue weighted by molar-refractivity contribution is 6.09. The second-order valence-corrected chi connectivity index (χ2v) is 6.74. The predicted molar refractivity (Wildman–Crippen MR) is 113 cm³/mol. The summed E-state index contributed by atoms with van der Waals surface area (Å²) in [4.78, 5) is 4.64. The van der Waals surface area contributed by atoms with E-state index in [0.29, 0.717) is 12.3 Å². The Morgan fingerprint density at radius 3 is 2.59 bits per heavy atom. The number of aromatic nitrogens is 3. The summed E-state index contributed by atoms with van der Waals surface area (Å²) in [6.45, 7) is 2.53. The van der Waals surface area contributed by atoms with Crippen LogP contribution >= 0.6 is 0 Å². The van der Waals surface area contributed by atoms with Gasteiger partial charge in [0.2, 0.25) is 0 Å². The van der Waals surface area contributed by atoms with Crippen LogP contribution in [0.2, 0.25) is 0 Å². The van der Waals surface area contributed by atoms with Crippen LogP contribution in [0.1, 0.15) is 6.92 Å². The van der Waals surface area contributed by atoms with Gasteiger partial charge >= 0.3 is 0 Å². The van der Waals surface area contributed by atoms with Crippen molar-refractivity contribution in [2.45, 2.75) is 6.92 Å². The third-order valence-electron chi connectivity index (χ3n) is 4.89. The molecule has 0 saturated carbocycles. The van der Waals surface area contributed by atoms with Crippen molar-refractivity contribution in [3.8, 4) is 22.7 Å². The zero-order valence-electron chi connectivity index (χ0n) is 15.8. The predicted octanol–water partition coefficient (Wildman–Crippen LogP) is 5.78. The number of pyridine rings is 1. The summed E-state index contributed by atoms with van der Waals surface area (Å²) in [5.41, 5.74) is 4.15. The molecule has 142 valence electrons. The molecule has 4 nitrogen and oxygen atoms in total. The monoisotopic (exact) mass is 383 g/mol. The minimum atomic E-state index is -0.305. The van der Waals surface area contributed by atoms with Crippen molar-refractivity contribution in [1.29, 1.82) is 0 Å². The van der Waals surface area contributed by atoms with Crippen molar-refractivity contribution in [1.82, 2.24) is 14.8 Å². The van der Waals surface area contributed by atoms with Crippen molar-refractivity contribution in [2.24, 2.45) is 0 Å². The first-order valence-corrected chi connectivity index (χ1v) is 9.50. The Morgan fingerprint density at radius 1 is 0.931 bits per heavy atom. The fraction of sp³-hybridized carbons (Fsp3) is 0.0833. The maximum Gasteiger partial charge on any atom is 0.125 e. The number of fused-ring (bicyclic) bond motifs is 3. The molecule has 5 aromatic rings. The van der Waals surface area contributed by atoms with E-state index < -0.39 is 0 Å². The molecular weight excluding hydrogens is 365 g/mol. The Morgan fingerprint density at radius 2 is 1.79 bits per heavy atom. The third kappa shape index (κ3) is 3.01. The Kier molecular flexibility index (Phi) is 4.21. The van der Waals surface area contributed by atoms with E-state index in [2.05, 4.69) is 4.98 Å². The summed E-state index contributed by atoms with van der Waals surface area (Å²) in [5, 5.41) is 6.68. The van der Waals surface area contributed by atoms with Gasteiger partial charge in [-0.2, -0.15) is 5.10 Å². The molecule has 0 amide bonds. The average molecular weight is 383 g/mol. The third-order valence-corrected chi connectivity index (χ3v) is 4.89. The number of rotatable bonds is 4. The molecule has 0 N–H and O–H groups in total. The Balaban J connectivity index is 1.89. The molecular formula is C24H18FN3O. The van der Waals surface area contributed by atoms with Gasteiger partial charge in [-0.1, -0.05) is 36.4 Å². The molecule has 3 aromatic carbocycles. The van der Waals surface area contributed by atoms with Gasteiger partial charge in [0.1, 0.15) is 17.3 Å². The first kappa shape index (κ1) is 17.4. The molecule has 0 saturated heterocycles. The van der Waals surface area contributed by atoms with E-state index >= 15 is 0 Å². The highest BCUT2D eigenvalue weighted by atomic mass is 19.1. The Labute approximate surface area is 167 Å². The molecule has 2 heterocycles. The van der Waals surface area contributed by atoms with Crippen molar-refractivity contribution >= 4 is 21.8 Å². The maximum atomic E-state index is 14.0. The quantitative estimate of drug-likeness (QED) is 0.395. The molecule has 0 radical (unpaired) electrons. The number of halogens is 1. The van der Waals surface area contributed by atoms with E-state index in [1.165, 1.54) is 12.1 Å². The topological polar surface area (TPSA) is 39.9 Å². The van der Waals surface area contributed by atoms with Crippen LogP contribution in [0.15, 0.2) is 79.0 Å². The van der Waals surface area contributed by atoms with E-state index in [1.54, 1.807) is 10.7 Å². The lowest BCUT2D eigenvalue weighted by molar-refractivity contribution is 0.341. The number of hydrogen-bond donors (Lipinski definition) is 0. The van der Waals surface area contributed by atoms with Gasteiger partial charge in [0.15, 0.2) is 0 Å². The molecule has 0 unspecified atom stereocenters. The van der Waals surface area contributed by atoms with Gasteiger partial charge in [-0.15, -0.1) is 0 Å². The minimum absolute atomic E-state index is 0.305. The van der Waals surface area contributed by atoms with Gasteiger partial charge in [-0.25, -0.2) is 9.07 Å². The number of benzene rings is 3. The van der Waals surface area contributed by atoms with Crippen molar-refractivity contribution in [3.05, 3.63) is 84.8 Å². The zero-order chi connectivity index (χ0) is 19.8. The normalized spacial score (nSPS) is 11.2. The zero-order valence-corrected chi connectivity index (χ0v) is 15.8. The van der Waals surface area contributed by atoms with Crippen LogP contribution in [0.5, 0.6) is 5.75 Å². The van der Waals surface area contributed by atoms with Gasteiger partial charge in [-0.05, 0) is 43.3 Å². The largest absolute Gasteiger partial charge is 0.494 e. The summed E-state index contributed by atoms with van der Waals surface area (Å²) in [7, 11) is 0. The lowest BCUT2D eigenvalue weighted by atomic mass is 10.1. The van der Waals surface area contributed by atoms with Gasteiger partial charge in [0.25, 0.3) is 0 Å². The molecule has 0 bridgehead atoms. The van der Waals surface area contributed by atoms with E-state index in [9.17, 15) is 4.39 Å². The van der Waals surface area contributed by atoms with Crippen LogP contribution < -0.4 is 4.74 Å². The number of ether oxygens (including phenoxy) is 1. The summed E-state index contributed by atoms with van der Waals surface area (Å²) in [6.07, 6.45) is 1.84. The highest BCUT2D eigenvalue weighted by Gasteiger charge is 2.17. The Hall–Kier alpha value is -3.73. The summed E-state index contributed by atoms with van der Waals surface area (Å²) >= 11 is 0. The smallest absolute Gasteiger partial charge is 0.125 e. The second-order valence-electron chi connectivity index (χ2n) is 6.74. The molecule has 5 heteroatoms. The van der Waals surface area contributed by atoms with Crippen LogP contribution in [0, 0.1) is 5.82 Å². The van der Waals surface area contributed by atoms with E-state index in [1.807, 2.05) is 67.7 Å². The highest BCUT2D eigenvalue weighted by Crippen LogP contribution is 2.35. The van der Waals surface area contributed by atoms with Crippen molar-refractivity contribution < 1.29 is 9.13 Å². The molecule has 0 fully saturated rings. The summed E-state index contributed by atoms with van der Waals surface area (Å²) in [5.74, 6) is 0.461.